The van der Waals surface area contributed by atoms with E-state index in [-0.39, 0.29) is 11.6 Å². The van der Waals surface area contributed by atoms with E-state index in [1.165, 1.54) is 18.2 Å². The van der Waals surface area contributed by atoms with Gasteiger partial charge in [0.15, 0.2) is 0 Å². The van der Waals surface area contributed by atoms with E-state index in [1.807, 2.05) is 0 Å². The summed E-state index contributed by atoms with van der Waals surface area (Å²) in [4.78, 5) is 22.8. The molecule has 0 bridgehead atoms. The average molecular weight is 301 g/mol. The van der Waals surface area contributed by atoms with Gasteiger partial charge in [-0.05, 0) is 36.8 Å². The van der Waals surface area contributed by atoms with Crippen molar-refractivity contribution in [3.8, 4) is 0 Å². The maximum atomic E-state index is 13.6. The van der Waals surface area contributed by atoms with Gasteiger partial charge in [-0.1, -0.05) is 24.3 Å². The Morgan fingerprint density at radius 2 is 1.73 bits per heavy atom. The Hall–Kier alpha value is -2.89. The monoisotopic (exact) mass is 301 g/mol. The van der Waals surface area contributed by atoms with E-state index in [0.717, 1.165) is 5.56 Å². The zero-order valence-corrected chi connectivity index (χ0v) is 12.0. The van der Waals surface area contributed by atoms with Crippen molar-refractivity contribution in [1.82, 2.24) is 5.32 Å². The van der Waals surface area contributed by atoms with E-state index in [0.29, 0.717) is 5.69 Å². The first kappa shape index (κ1) is 15.5. The Kier molecular flexibility index (Phi) is 4.73. The molecule has 6 heteroatoms. The van der Waals surface area contributed by atoms with Crippen LogP contribution in [0.25, 0.3) is 0 Å². The fourth-order valence-corrected chi connectivity index (χ4v) is 2.00. The molecule has 0 spiro atoms. The van der Waals surface area contributed by atoms with E-state index in [2.05, 4.69) is 10.6 Å². The van der Waals surface area contributed by atoms with Crippen LogP contribution >= 0.6 is 0 Å². The number of hydrogen-bond donors (Lipinski definition) is 3. The molecule has 0 fully saturated rings. The highest BCUT2D eigenvalue weighted by molar-refractivity contribution is 5.94. The third kappa shape index (κ3) is 3.82. The van der Waals surface area contributed by atoms with Gasteiger partial charge in [0.2, 0.25) is 0 Å². The summed E-state index contributed by atoms with van der Waals surface area (Å²) in [7, 11) is 0. The van der Waals surface area contributed by atoms with Crippen molar-refractivity contribution in [3.05, 3.63) is 65.5 Å². The highest BCUT2D eigenvalue weighted by Crippen LogP contribution is 2.17. The second-order valence-electron chi connectivity index (χ2n) is 4.79. The standard InChI is InChI=1S/C16H16FN3O2/c1-10(11-6-8-12(9-7-11)20-16(18)22)19-15(21)13-4-2-3-5-14(13)17/h2-10H,1H3,(H,19,21)(H3,18,20,22). The van der Waals surface area contributed by atoms with Crippen LogP contribution < -0.4 is 16.4 Å². The number of benzene rings is 2. The van der Waals surface area contributed by atoms with Crippen molar-refractivity contribution >= 4 is 17.6 Å². The van der Waals surface area contributed by atoms with Crippen LogP contribution in [0.2, 0.25) is 0 Å². The highest BCUT2D eigenvalue weighted by atomic mass is 19.1. The van der Waals surface area contributed by atoms with E-state index in [4.69, 9.17) is 5.73 Å². The topological polar surface area (TPSA) is 84.2 Å². The molecule has 5 nitrogen and oxygen atoms in total. The molecule has 22 heavy (non-hydrogen) atoms. The molecule has 114 valence electrons. The molecule has 0 saturated carbocycles. The summed E-state index contributed by atoms with van der Waals surface area (Å²) >= 11 is 0. The summed E-state index contributed by atoms with van der Waals surface area (Å²) in [6.07, 6.45) is 0. The predicted molar refractivity (Wildman–Crippen MR) is 81.9 cm³/mol. The third-order valence-corrected chi connectivity index (χ3v) is 3.14. The summed E-state index contributed by atoms with van der Waals surface area (Å²) in [5, 5.41) is 5.17. The minimum atomic E-state index is -0.645. The maximum absolute atomic E-state index is 13.6. The lowest BCUT2D eigenvalue weighted by Crippen LogP contribution is -2.27. The zero-order chi connectivity index (χ0) is 16.1. The lowest BCUT2D eigenvalue weighted by molar-refractivity contribution is 0.0936. The zero-order valence-electron chi connectivity index (χ0n) is 12.0. The van der Waals surface area contributed by atoms with Crippen molar-refractivity contribution in [2.24, 2.45) is 5.73 Å². The number of halogens is 1. The molecule has 1 unspecified atom stereocenters. The highest BCUT2D eigenvalue weighted by Gasteiger charge is 2.14. The van der Waals surface area contributed by atoms with Crippen molar-refractivity contribution in [2.45, 2.75) is 13.0 Å². The van der Waals surface area contributed by atoms with Crippen LogP contribution in [0.5, 0.6) is 0 Å². The number of nitrogens with one attached hydrogen (secondary N) is 2. The molecule has 0 aliphatic heterocycles. The number of carbonyl (C=O) groups excluding carboxylic acids is 2. The molecule has 4 N–H and O–H groups in total. The van der Waals surface area contributed by atoms with Crippen LogP contribution in [-0.4, -0.2) is 11.9 Å². The van der Waals surface area contributed by atoms with Crippen molar-refractivity contribution < 1.29 is 14.0 Å². The predicted octanol–water partition coefficient (Wildman–Crippen LogP) is 2.81. The Labute approximate surface area is 127 Å². The number of carbonyl (C=O) groups is 2. The number of urea groups is 1. The van der Waals surface area contributed by atoms with Gasteiger partial charge in [-0.25, -0.2) is 9.18 Å². The van der Waals surface area contributed by atoms with Crippen LogP contribution in [-0.2, 0) is 0 Å². The number of amides is 3. The third-order valence-electron chi connectivity index (χ3n) is 3.14. The number of primary amides is 1. The molecule has 0 heterocycles. The molecule has 2 rings (SSSR count). The lowest BCUT2D eigenvalue weighted by atomic mass is 10.1. The number of anilines is 1. The van der Waals surface area contributed by atoms with E-state index >= 15 is 0 Å². The molecule has 2 aromatic rings. The molecule has 0 aliphatic rings. The number of hydrogen-bond acceptors (Lipinski definition) is 2. The van der Waals surface area contributed by atoms with Crippen molar-refractivity contribution in [3.63, 3.8) is 0 Å². The molecule has 2 aromatic carbocycles. The van der Waals surface area contributed by atoms with Gasteiger partial charge >= 0.3 is 6.03 Å². The van der Waals surface area contributed by atoms with E-state index in [1.54, 1.807) is 37.3 Å². The number of nitrogens with two attached hydrogens (primary N) is 1. The summed E-state index contributed by atoms with van der Waals surface area (Å²) < 4.78 is 13.6. The summed E-state index contributed by atoms with van der Waals surface area (Å²) in [6.45, 7) is 1.79. The summed E-state index contributed by atoms with van der Waals surface area (Å²) in [5.41, 5.74) is 6.40. The summed E-state index contributed by atoms with van der Waals surface area (Å²) in [6, 6.07) is 11.7. The van der Waals surface area contributed by atoms with Gasteiger partial charge in [0.05, 0.1) is 11.6 Å². The quantitative estimate of drug-likeness (QED) is 0.811. The maximum Gasteiger partial charge on any atom is 0.316 e. The van der Waals surface area contributed by atoms with Crippen LogP contribution in [0.3, 0.4) is 0 Å². The minimum Gasteiger partial charge on any atom is -0.351 e. The Morgan fingerprint density at radius 3 is 2.32 bits per heavy atom. The van der Waals surface area contributed by atoms with E-state index < -0.39 is 17.8 Å². The molecule has 1 atom stereocenters. The Morgan fingerprint density at radius 1 is 1.09 bits per heavy atom. The average Bonchev–Trinajstić information content (AvgIpc) is 2.47. The minimum absolute atomic E-state index is 0.00126. The molecular weight excluding hydrogens is 285 g/mol. The lowest BCUT2D eigenvalue weighted by Gasteiger charge is -2.15. The van der Waals surface area contributed by atoms with Crippen molar-refractivity contribution in [2.75, 3.05) is 5.32 Å². The molecule has 0 aliphatic carbocycles. The molecule has 3 amide bonds. The van der Waals surface area contributed by atoms with Gasteiger partial charge in [0.25, 0.3) is 5.91 Å². The summed E-state index contributed by atoms with van der Waals surface area (Å²) in [5.74, 6) is -1.04. The van der Waals surface area contributed by atoms with Crippen molar-refractivity contribution in [1.29, 1.82) is 0 Å². The molecular formula is C16H16FN3O2. The second-order valence-corrected chi connectivity index (χ2v) is 4.79. The van der Waals surface area contributed by atoms with Gasteiger partial charge in [-0.3, -0.25) is 4.79 Å². The van der Waals surface area contributed by atoms with Gasteiger partial charge in [-0.2, -0.15) is 0 Å². The van der Waals surface area contributed by atoms with Crippen LogP contribution in [0, 0.1) is 5.82 Å². The SMILES string of the molecule is CC(NC(=O)c1ccccc1F)c1ccc(NC(N)=O)cc1. The molecule has 0 aromatic heterocycles. The van der Waals surface area contributed by atoms with Gasteiger partial charge in [-0.15, -0.1) is 0 Å². The van der Waals surface area contributed by atoms with Gasteiger partial charge in [0, 0.05) is 5.69 Å². The smallest absolute Gasteiger partial charge is 0.316 e. The van der Waals surface area contributed by atoms with Crippen LogP contribution in [0.4, 0.5) is 14.9 Å². The largest absolute Gasteiger partial charge is 0.351 e. The van der Waals surface area contributed by atoms with Crippen LogP contribution in [0.15, 0.2) is 48.5 Å². The Balaban J connectivity index is 2.05. The molecule has 0 saturated heterocycles. The van der Waals surface area contributed by atoms with Gasteiger partial charge in [0.1, 0.15) is 5.82 Å². The first-order valence-electron chi connectivity index (χ1n) is 6.69. The van der Waals surface area contributed by atoms with Crippen LogP contribution in [0.1, 0.15) is 28.9 Å². The number of rotatable bonds is 4. The molecule has 0 radical (unpaired) electrons. The fraction of sp³-hybridized carbons (Fsp3) is 0.125. The Bertz CT molecular complexity index is 686. The van der Waals surface area contributed by atoms with E-state index in [9.17, 15) is 14.0 Å². The normalized spacial score (nSPS) is 11.5. The first-order valence-corrected chi connectivity index (χ1v) is 6.69. The first-order chi connectivity index (χ1) is 10.5. The van der Waals surface area contributed by atoms with Gasteiger partial charge < -0.3 is 16.4 Å². The second kappa shape index (κ2) is 6.71. The fourth-order valence-electron chi connectivity index (χ4n) is 2.00.